The van der Waals surface area contributed by atoms with Gasteiger partial charge >= 0.3 is 0 Å². The number of tetrazole rings is 1. The molecule has 0 aliphatic heterocycles. The molecule has 6 nitrogen and oxygen atoms in total. The van der Waals surface area contributed by atoms with Crippen LogP contribution in [0.15, 0.2) is 22.7 Å². The minimum atomic E-state index is 0.0725. The highest BCUT2D eigenvalue weighted by Crippen LogP contribution is 2.27. The topological polar surface area (TPSA) is 64.9 Å². The van der Waals surface area contributed by atoms with Crippen LogP contribution in [0, 0.1) is 5.92 Å². The van der Waals surface area contributed by atoms with Gasteiger partial charge in [0.25, 0.3) is 0 Å². The van der Waals surface area contributed by atoms with Crippen molar-refractivity contribution < 1.29 is 4.74 Å². The average Bonchev–Trinajstić information content (AvgIpc) is 2.94. The van der Waals surface area contributed by atoms with Gasteiger partial charge in [0.05, 0.1) is 23.3 Å². The normalized spacial score (nSPS) is 12.7. The number of benzene rings is 1. The molecule has 7 heteroatoms. The molecule has 21 heavy (non-hydrogen) atoms. The summed E-state index contributed by atoms with van der Waals surface area (Å²) in [5.41, 5.74) is 0.890. The first-order valence-electron chi connectivity index (χ1n) is 6.88. The molecule has 1 unspecified atom stereocenters. The number of nitrogens with zero attached hydrogens (tertiary/aromatic N) is 4. The number of aromatic nitrogens is 4. The summed E-state index contributed by atoms with van der Waals surface area (Å²) in [6, 6.07) is 5.83. The standard InChI is InChI=1S/C14H20BrN5O/c1-9(2)8-16-10(3)14-17-18-19-20(14)11-5-6-13(21-4)12(15)7-11/h5-7,9-10,16H,8H2,1-4H3. The second-order valence-corrected chi connectivity index (χ2v) is 6.15. The lowest BCUT2D eigenvalue weighted by molar-refractivity contribution is 0.412. The first-order chi connectivity index (χ1) is 10.0. The number of nitrogens with one attached hydrogen (secondary N) is 1. The van der Waals surface area contributed by atoms with E-state index in [0.717, 1.165) is 28.3 Å². The van der Waals surface area contributed by atoms with Crippen molar-refractivity contribution in [2.75, 3.05) is 13.7 Å². The van der Waals surface area contributed by atoms with Gasteiger partial charge in [0.1, 0.15) is 5.75 Å². The predicted octanol–water partition coefficient (Wildman–Crippen LogP) is 2.74. The van der Waals surface area contributed by atoms with E-state index in [1.54, 1.807) is 11.8 Å². The van der Waals surface area contributed by atoms with E-state index in [1.807, 2.05) is 18.2 Å². The van der Waals surface area contributed by atoms with Crippen LogP contribution >= 0.6 is 15.9 Å². The van der Waals surface area contributed by atoms with Crippen LogP contribution in [0.4, 0.5) is 0 Å². The molecule has 0 aliphatic rings. The SMILES string of the molecule is COc1ccc(-n2nnnc2C(C)NCC(C)C)cc1Br. The van der Waals surface area contributed by atoms with E-state index in [2.05, 4.69) is 57.5 Å². The van der Waals surface area contributed by atoms with E-state index in [0.29, 0.717) is 5.92 Å². The molecule has 2 rings (SSSR count). The Morgan fingerprint density at radius 2 is 2.10 bits per heavy atom. The van der Waals surface area contributed by atoms with Crippen LogP contribution in [-0.2, 0) is 0 Å². The number of hydrogen-bond acceptors (Lipinski definition) is 5. The molecule has 0 radical (unpaired) electrons. The Morgan fingerprint density at radius 1 is 1.33 bits per heavy atom. The molecule has 1 heterocycles. The minimum Gasteiger partial charge on any atom is -0.496 e. The van der Waals surface area contributed by atoms with E-state index >= 15 is 0 Å². The van der Waals surface area contributed by atoms with Gasteiger partial charge in [-0.2, -0.15) is 4.68 Å². The molecular weight excluding hydrogens is 334 g/mol. The third kappa shape index (κ3) is 3.79. The molecule has 114 valence electrons. The van der Waals surface area contributed by atoms with Crippen molar-refractivity contribution in [2.24, 2.45) is 5.92 Å². The summed E-state index contributed by atoms with van der Waals surface area (Å²) in [6.07, 6.45) is 0. The smallest absolute Gasteiger partial charge is 0.173 e. The number of methoxy groups -OCH3 is 1. The maximum absolute atomic E-state index is 5.24. The van der Waals surface area contributed by atoms with E-state index in [-0.39, 0.29) is 6.04 Å². The summed E-state index contributed by atoms with van der Waals surface area (Å²) < 4.78 is 7.85. The van der Waals surface area contributed by atoms with Crippen LogP contribution < -0.4 is 10.1 Å². The van der Waals surface area contributed by atoms with Crippen molar-refractivity contribution in [3.63, 3.8) is 0 Å². The predicted molar refractivity (Wildman–Crippen MR) is 84.7 cm³/mol. The summed E-state index contributed by atoms with van der Waals surface area (Å²) in [4.78, 5) is 0. The van der Waals surface area contributed by atoms with Crippen LogP contribution in [0.25, 0.3) is 5.69 Å². The van der Waals surface area contributed by atoms with Crippen LogP contribution in [0.1, 0.15) is 32.6 Å². The van der Waals surface area contributed by atoms with E-state index in [9.17, 15) is 0 Å². The van der Waals surface area contributed by atoms with Gasteiger partial charge in [0, 0.05) is 0 Å². The molecule has 0 spiro atoms. The highest BCUT2D eigenvalue weighted by molar-refractivity contribution is 9.10. The lowest BCUT2D eigenvalue weighted by atomic mass is 10.2. The van der Waals surface area contributed by atoms with Crippen molar-refractivity contribution in [1.29, 1.82) is 0 Å². The lowest BCUT2D eigenvalue weighted by Crippen LogP contribution is -2.25. The molecule has 0 fully saturated rings. The second kappa shape index (κ2) is 7.00. The van der Waals surface area contributed by atoms with Gasteiger partial charge in [-0.25, -0.2) is 0 Å². The Morgan fingerprint density at radius 3 is 2.71 bits per heavy atom. The number of hydrogen-bond donors (Lipinski definition) is 1. The lowest BCUT2D eigenvalue weighted by Gasteiger charge is -2.15. The molecular formula is C14H20BrN5O. The molecule has 1 atom stereocenters. The molecule has 0 saturated carbocycles. The van der Waals surface area contributed by atoms with Crippen molar-refractivity contribution >= 4 is 15.9 Å². The van der Waals surface area contributed by atoms with E-state index in [4.69, 9.17) is 4.74 Å². The van der Waals surface area contributed by atoms with Gasteiger partial charge in [0.2, 0.25) is 0 Å². The zero-order valence-corrected chi connectivity index (χ0v) is 14.3. The van der Waals surface area contributed by atoms with Gasteiger partial charge in [-0.1, -0.05) is 13.8 Å². The molecule has 0 bridgehead atoms. The van der Waals surface area contributed by atoms with Crippen LogP contribution in [0.2, 0.25) is 0 Å². The third-order valence-corrected chi connectivity index (χ3v) is 3.71. The fourth-order valence-corrected chi connectivity index (χ4v) is 2.47. The highest BCUT2D eigenvalue weighted by Gasteiger charge is 2.16. The summed E-state index contributed by atoms with van der Waals surface area (Å²) in [5.74, 6) is 2.14. The van der Waals surface area contributed by atoms with E-state index < -0.39 is 0 Å². The molecule has 1 N–H and O–H groups in total. The largest absolute Gasteiger partial charge is 0.496 e. The average molecular weight is 354 g/mol. The summed E-state index contributed by atoms with van der Waals surface area (Å²) in [7, 11) is 1.64. The van der Waals surface area contributed by atoms with Gasteiger partial charge in [-0.3, -0.25) is 0 Å². The molecule has 0 aliphatic carbocycles. The molecule has 1 aromatic carbocycles. The maximum Gasteiger partial charge on any atom is 0.173 e. The van der Waals surface area contributed by atoms with Gasteiger partial charge < -0.3 is 10.1 Å². The van der Waals surface area contributed by atoms with Crippen LogP contribution in [0.5, 0.6) is 5.75 Å². The maximum atomic E-state index is 5.24. The number of halogens is 1. The highest BCUT2D eigenvalue weighted by atomic mass is 79.9. The summed E-state index contributed by atoms with van der Waals surface area (Å²) >= 11 is 3.48. The number of rotatable bonds is 6. The van der Waals surface area contributed by atoms with Crippen LogP contribution in [0.3, 0.4) is 0 Å². The van der Waals surface area contributed by atoms with Crippen molar-refractivity contribution in [3.8, 4) is 11.4 Å². The Bertz CT molecular complexity index is 599. The molecule has 1 aromatic heterocycles. The zero-order chi connectivity index (χ0) is 15.4. The quantitative estimate of drug-likeness (QED) is 0.864. The first-order valence-corrected chi connectivity index (χ1v) is 7.67. The Balaban J connectivity index is 2.25. The fraction of sp³-hybridized carbons (Fsp3) is 0.500. The summed E-state index contributed by atoms with van der Waals surface area (Å²) in [5, 5.41) is 15.4. The monoisotopic (exact) mass is 353 g/mol. The Kier molecular flexibility index (Phi) is 5.30. The minimum absolute atomic E-state index is 0.0725. The Labute approximate surface area is 133 Å². The van der Waals surface area contributed by atoms with Crippen molar-refractivity contribution in [2.45, 2.75) is 26.8 Å². The third-order valence-electron chi connectivity index (χ3n) is 3.09. The second-order valence-electron chi connectivity index (χ2n) is 5.29. The number of ether oxygens (including phenoxy) is 1. The van der Waals surface area contributed by atoms with Crippen LogP contribution in [-0.4, -0.2) is 33.9 Å². The van der Waals surface area contributed by atoms with Gasteiger partial charge in [-0.15, -0.1) is 5.10 Å². The molecule has 0 saturated heterocycles. The van der Waals surface area contributed by atoms with Gasteiger partial charge in [-0.05, 0) is 63.9 Å². The molecule has 2 aromatic rings. The van der Waals surface area contributed by atoms with Crippen molar-refractivity contribution in [3.05, 3.63) is 28.5 Å². The molecule has 0 amide bonds. The zero-order valence-electron chi connectivity index (χ0n) is 12.7. The first kappa shape index (κ1) is 15.9. The van der Waals surface area contributed by atoms with E-state index in [1.165, 1.54) is 0 Å². The Hall–Kier alpha value is -1.47. The van der Waals surface area contributed by atoms with Crippen molar-refractivity contribution in [1.82, 2.24) is 25.5 Å². The summed E-state index contributed by atoms with van der Waals surface area (Å²) in [6.45, 7) is 7.32. The fourth-order valence-electron chi connectivity index (χ4n) is 1.94. The van der Waals surface area contributed by atoms with Gasteiger partial charge in [0.15, 0.2) is 5.82 Å².